The van der Waals surface area contributed by atoms with Crippen molar-refractivity contribution < 1.29 is 4.79 Å². The van der Waals surface area contributed by atoms with Crippen LogP contribution in [0.2, 0.25) is 0 Å². The van der Waals surface area contributed by atoms with Gasteiger partial charge in [-0.3, -0.25) is 4.79 Å². The van der Waals surface area contributed by atoms with Crippen LogP contribution in [0.25, 0.3) is 0 Å². The number of nitrogens with one attached hydrogen (secondary N) is 2. The average molecular weight is 293 g/mol. The largest absolute Gasteiger partial charge is 0.348 e. The van der Waals surface area contributed by atoms with Gasteiger partial charge in [0.2, 0.25) is 0 Å². The second-order valence-electron chi connectivity index (χ2n) is 5.95. The lowest BCUT2D eigenvalue weighted by molar-refractivity contribution is 0.0933. The molecule has 0 bridgehead atoms. The lowest BCUT2D eigenvalue weighted by Crippen LogP contribution is -2.42. The smallest absolute Gasteiger partial charge is 0.263 e. The molecular formula is C15H23N3OS. The maximum atomic E-state index is 12.4. The molecule has 1 saturated carbocycles. The number of carbonyl (C=O) groups excluding carboxylic acids is 1. The number of aromatic nitrogens is 1. The van der Waals surface area contributed by atoms with Crippen molar-refractivity contribution in [2.75, 3.05) is 13.1 Å². The molecule has 1 aromatic rings. The van der Waals surface area contributed by atoms with Crippen molar-refractivity contribution in [3.05, 3.63) is 15.6 Å². The molecule has 0 aromatic carbocycles. The molecule has 20 heavy (non-hydrogen) atoms. The van der Waals surface area contributed by atoms with Gasteiger partial charge in [-0.25, -0.2) is 4.98 Å². The molecule has 2 N–H and O–H groups in total. The number of rotatable bonds is 3. The standard InChI is InChI=1S/C15H23N3OS/c1-10-13(14(19)18-12-6-8-16-9-7-12)20-15(17-10)11-4-2-3-5-11/h11-12,16H,2-9H2,1H3,(H,18,19). The van der Waals surface area contributed by atoms with Gasteiger partial charge in [-0.15, -0.1) is 11.3 Å². The van der Waals surface area contributed by atoms with Gasteiger partial charge in [0.1, 0.15) is 4.88 Å². The highest BCUT2D eigenvalue weighted by atomic mass is 32.1. The van der Waals surface area contributed by atoms with Crippen LogP contribution >= 0.6 is 11.3 Å². The molecule has 1 saturated heterocycles. The van der Waals surface area contributed by atoms with Gasteiger partial charge in [0.15, 0.2) is 0 Å². The maximum Gasteiger partial charge on any atom is 0.263 e. The van der Waals surface area contributed by atoms with Crippen molar-refractivity contribution >= 4 is 17.2 Å². The minimum Gasteiger partial charge on any atom is -0.348 e. The summed E-state index contributed by atoms with van der Waals surface area (Å²) >= 11 is 1.61. The van der Waals surface area contributed by atoms with Crippen molar-refractivity contribution in [1.82, 2.24) is 15.6 Å². The van der Waals surface area contributed by atoms with E-state index in [1.165, 1.54) is 30.7 Å². The van der Waals surface area contributed by atoms with E-state index in [2.05, 4.69) is 15.6 Å². The Hall–Kier alpha value is -0.940. The van der Waals surface area contributed by atoms with Crippen LogP contribution in [0.1, 0.15) is 64.8 Å². The summed E-state index contributed by atoms with van der Waals surface area (Å²) in [7, 11) is 0. The van der Waals surface area contributed by atoms with Gasteiger partial charge in [-0.1, -0.05) is 12.8 Å². The lowest BCUT2D eigenvalue weighted by Gasteiger charge is -2.23. The summed E-state index contributed by atoms with van der Waals surface area (Å²) in [5.41, 5.74) is 0.906. The molecule has 1 aliphatic heterocycles. The molecule has 1 amide bonds. The number of carbonyl (C=O) groups is 1. The number of amides is 1. The van der Waals surface area contributed by atoms with E-state index in [-0.39, 0.29) is 5.91 Å². The van der Waals surface area contributed by atoms with Crippen LogP contribution < -0.4 is 10.6 Å². The summed E-state index contributed by atoms with van der Waals surface area (Å²) in [6, 6.07) is 0.320. The monoisotopic (exact) mass is 293 g/mol. The molecule has 0 radical (unpaired) electrons. The normalized spacial score (nSPS) is 21.2. The summed E-state index contributed by atoms with van der Waals surface area (Å²) < 4.78 is 0. The van der Waals surface area contributed by atoms with Crippen LogP contribution in [-0.4, -0.2) is 30.0 Å². The second kappa shape index (κ2) is 6.22. The topological polar surface area (TPSA) is 54.0 Å². The van der Waals surface area contributed by atoms with Gasteiger partial charge >= 0.3 is 0 Å². The lowest BCUT2D eigenvalue weighted by atomic mass is 10.1. The highest BCUT2D eigenvalue weighted by Crippen LogP contribution is 2.37. The first-order valence-electron chi connectivity index (χ1n) is 7.73. The minimum atomic E-state index is 0.0798. The second-order valence-corrected chi connectivity index (χ2v) is 6.98. The van der Waals surface area contributed by atoms with Gasteiger partial charge in [0, 0.05) is 12.0 Å². The maximum absolute atomic E-state index is 12.4. The molecule has 0 unspecified atom stereocenters. The van der Waals surface area contributed by atoms with Crippen LogP contribution in [0.5, 0.6) is 0 Å². The Kier molecular flexibility index (Phi) is 4.36. The number of hydrogen-bond donors (Lipinski definition) is 2. The third-order valence-electron chi connectivity index (χ3n) is 4.40. The Morgan fingerprint density at radius 3 is 2.65 bits per heavy atom. The molecule has 110 valence electrons. The molecule has 5 heteroatoms. The molecule has 3 rings (SSSR count). The fraction of sp³-hybridized carbons (Fsp3) is 0.733. The first-order chi connectivity index (χ1) is 9.74. The van der Waals surface area contributed by atoms with E-state index in [0.717, 1.165) is 36.5 Å². The first-order valence-corrected chi connectivity index (χ1v) is 8.54. The van der Waals surface area contributed by atoms with Gasteiger partial charge < -0.3 is 10.6 Å². The Labute approximate surface area is 124 Å². The molecule has 0 atom stereocenters. The van der Waals surface area contributed by atoms with E-state index in [1.54, 1.807) is 11.3 Å². The van der Waals surface area contributed by atoms with Crippen LogP contribution in [0.3, 0.4) is 0 Å². The number of hydrogen-bond acceptors (Lipinski definition) is 4. The zero-order valence-electron chi connectivity index (χ0n) is 12.1. The molecule has 1 aliphatic carbocycles. The van der Waals surface area contributed by atoms with E-state index in [1.807, 2.05) is 6.92 Å². The highest BCUT2D eigenvalue weighted by Gasteiger charge is 2.25. The number of piperidine rings is 1. The Balaban J connectivity index is 1.67. The van der Waals surface area contributed by atoms with Crippen LogP contribution in [0.15, 0.2) is 0 Å². The van der Waals surface area contributed by atoms with Crippen molar-refractivity contribution in [2.45, 2.75) is 57.4 Å². The van der Waals surface area contributed by atoms with Crippen molar-refractivity contribution in [3.8, 4) is 0 Å². The molecule has 1 aromatic heterocycles. The fourth-order valence-electron chi connectivity index (χ4n) is 3.19. The SMILES string of the molecule is Cc1nc(C2CCCC2)sc1C(=O)NC1CCNCC1. The predicted octanol–water partition coefficient (Wildman–Crippen LogP) is 2.59. The summed E-state index contributed by atoms with van der Waals surface area (Å²) in [4.78, 5) is 17.9. The Bertz CT molecular complexity index is 473. The highest BCUT2D eigenvalue weighted by molar-refractivity contribution is 7.13. The average Bonchev–Trinajstić information content (AvgIpc) is 3.08. The van der Waals surface area contributed by atoms with Crippen LogP contribution in [0, 0.1) is 6.92 Å². The summed E-state index contributed by atoms with van der Waals surface area (Å²) in [6.07, 6.45) is 7.14. The third-order valence-corrected chi connectivity index (χ3v) is 5.72. The quantitative estimate of drug-likeness (QED) is 0.900. The predicted molar refractivity (Wildman–Crippen MR) is 81.4 cm³/mol. The van der Waals surface area contributed by atoms with Crippen LogP contribution in [-0.2, 0) is 0 Å². The van der Waals surface area contributed by atoms with Crippen molar-refractivity contribution in [3.63, 3.8) is 0 Å². The van der Waals surface area contributed by atoms with Gasteiger partial charge in [0.05, 0.1) is 10.7 Å². The van der Waals surface area contributed by atoms with E-state index in [4.69, 9.17) is 0 Å². The van der Waals surface area contributed by atoms with Crippen LogP contribution in [0.4, 0.5) is 0 Å². The Morgan fingerprint density at radius 1 is 1.25 bits per heavy atom. The summed E-state index contributed by atoms with van der Waals surface area (Å²) in [5, 5.41) is 7.67. The zero-order chi connectivity index (χ0) is 13.9. The zero-order valence-corrected chi connectivity index (χ0v) is 12.9. The fourth-order valence-corrected chi connectivity index (χ4v) is 4.33. The van der Waals surface area contributed by atoms with Crippen molar-refractivity contribution in [2.24, 2.45) is 0 Å². The number of thiazole rings is 1. The van der Waals surface area contributed by atoms with Crippen molar-refractivity contribution in [1.29, 1.82) is 0 Å². The third kappa shape index (κ3) is 3.04. The molecule has 2 fully saturated rings. The molecular weight excluding hydrogens is 270 g/mol. The molecule has 0 spiro atoms. The number of nitrogens with zero attached hydrogens (tertiary/aromatic N) is 1. The van der Waals surface area contributed by atoms with Gasteiger partial charge in [-0.05, 0) is 45.7 Å². The summed E-state index contributed by atoms with van der Waals surface area (Å²) in [6.45, 7) is 3.96. The minimum absolute atomic E-state index is 0.0798. The van der Waals surface area contributed by atoms with E-state index < -0.39 is 0 Å². The molecule has 4 nitrogen and oxygen atoms in total. The van der Waals surface area contributed by atoms with E-state index in [9.17, 15) is 4.79 Å². The Morgan fingerprint density at radius 2 is 1.95 bits per heavy atom. The number of aryl methyl sites for hydroxylation is 1. The summed E-state index contributed by atoms with van der Waals surface area (Å²) in [5.74, 6) is 0.676. The molecule has 2 aliphatic rings. The van der Waals surface area contributed by atoms with E-state index in [0.29, 0.717) is 12.0 Å². The van der Waals surface area contributed by atoms with E-state index >= 15 is 0 Å². The molecule has 2 heterocycles. The van der Waals surface area contributed by atoms with Gasteiger partial charge in [0.25, 0.3) is 5.91 Å². The first kappa shape index (κ1) is 14.0. The van der Waals surface area contributed by atoms with Gasteiger partial charge in [-0.2, -0.15) is 0 Å².